The first-order valence-electron chi connectivity index (χ1n) is 5.41. The molecule has 0 spiro atoms. The lowest BCUT2D eigenvalue weighted by Gasteiger charge is -2.29. The Labute approximate surface area is 95.2 Å². The lowest BCUT2D eigenvalue weighted by molar-refractivity contribution is 0.1000. The van der Waals surface area contributed by atoms with Gasteiger partial charge < -0.3 is 15.6 Å². The molecule has 0 radical (unpaired) electrons. The highest BCUT2D eigenvalue weighted by Gasteiger charge is 2.22. The smallest absolute Gasteiger partial charge is 0.376 e. The third-order valence-corrected chi connectivity index (χ3v) is 3.06. The van der Waals surface area contributed by atoms with Crippen LogP contribution in [-0.4, -0.2) is 29.3 Å². The highest BCUT2D eigenvalue weighted by atomic mass is 16.2. The predicted octanol–water partition coefficient (Wildman–Crippen LogP) is 0.254. The zero-order chi connectivity index (χ0) is 11.7. The van der Waals surface area contributed by atoms with Gasteiger partial charge in [0, 0.05) is 12.1 Å². The molecule has 1 aromatic carbocycles. The van der Waals surface area contributed by atoms with Crippen molar-refractivity contribution in [2.24, 2.45) is 5.73 Å². The molecular formula is C11H15BN2O2. The van der Waals surface area contributed by atoms with Crippen molar-refractivity contribution in [1.29, 1.82) is 0 Å². The van der Waals surface area contributed by atoms with Crippen molar-refractivity contribution in [3.8, 4) is 0 Å². The van der Waals surface area contributed by atoms with E-state index >= 15 is 0 Å². The summed E-state index contributed by atoms with van der Waals surface area (Å²) < 4.78 is 0. The van der Waals surface area contributed by atoms with Crippen LogP contribution in [0.15, 0.2) is 18.2 Å². The number of nitrogens with zero attached hydrogens (tertiary/aromatic N) is 1. The zero-order valence-corrected chi connectivity index (χ0v) is 9.31. The van der Waals surface area contributed by atoms with E-state index in [-0.39, 0.29) is 0 Å². The molecule has 1 amide bonds. The van der Waals surface area contributed by atoms with Gasteiger partial charge in [-0.1, -0.05) is 6.07 Å². The van der Waals surface area contributed by atoms with Gasteiger partial charge in [0.15, 0.2) is 0 Å². The molecule has 16 heavy (non-hydrogen) atoms. The maximum Gasteiger partial charge on any atom is 0.376 e. The van der Waals surface area contributed by atoms with Crippen LogP contribution >= 0.6 is 0 Å². The SMILES string of the molecule is CB(O)N1CCc2ccc(C(N)=O)cc2C1. The van der Waals surface area contributed by atoms with Crippen LogP contribution in [0.1, 0.15) is 21.5 Å². The Morgan fingerprint density at radius 2 is 2.25 bits per heavy atom. The number of carbonyl (C=O) groups is 1. The molecule has 84 valence electrons. The van der Waals surface area contributed by atoms with Crippen LogP contribution in [0.5, 0.6) is 0 Å². The van der Waals surface area contributed by atoms with Crippen molar-refractivity contribution in [1.82, 2.24) is 4.81 Å². The number of hydrogen-bond donors (Lipinski definition) is 2. The normalized spacial score (nSPS) is 15.6. The minimum absolute atomic E-state index is 0.406. The fourth-order valence-corrected chi connectivity index (χ4v) is 2.05. The number of fused-ring (bicyclic) bond motifs is 1. The summed E-state index contributed by atoms with van der Waals surface area (Å²) >= 11 is 0. The van der Waals surface area contributed by atoms with Crippen molar-refractivity contribution in [3.63, 3.8) is 0 Å². The van der Waals surface area contributed by atoms with Crippen LogP contribution < -0.4 is 5.73 Å². The fourth-order valence-electron chi connectivity index (χ4n) is 2.05. The van der Waals surface area contributed by atoms with Gasteiger partial charge in [0.1, 0.15) is 0 Å². The molecule has 0 saturated carbocycles. The Balaban J connectivity index is 2.28. The average molecular weight is 218 g/mol. The first kappa shape index (κ1) is 11.2. The molecule has 1 aliphatic rings. The molecule has 2 rings (SSSR count). The lowest BCUT2D eigenvalue weighted by Crippen LogP contribution is -2.40. The Kier molecular flexibility index (Phi) is 2.98. The van der Waals surface area contributed by atoms with Crippen LogP contribution in [0.4, 0.5) is 0 Å². The van der Waals surface area contributed by atoms with E-state index in [4.69, 9.17) is 5.73 Å². The van der Waals surface area contributed by atoms with Gasteiger partial charge in [0.25, 0.3) is 0 Å². The van der Waals surface area contributed by atoms with Crippen molar-refractivity contribution in [2.75, 3.05) is 6.54 Å². The monoisotopic (exact) mass is 218 g/mol. The number of hydrogen-bond acceptors (Lipinski definition) is 3. The molecule has 3 N–H and O–H groups in total. The number of carbonyl (C=O) groups excluding carboxylic acids is 1. The maximum absolute atomic E-state index is 11.1. The lowest BCUT2D eigenvalue weighted by atomic mass is 9.81. The van der Waals surface area contributed by atoms with E-state index in [1.807, 2.05) is 16.9 Å². The molecule has 1 aliphatic heterocycles. The second-order valence-corrected chi connectivity index (χ2v) is 4.20. The summed E-state index contributed by atoms with van der Waals surface area (Å²) in [7, 11) is -0.453. The molecule has 0 atom stereocenters. The van der Waals surface area contributed by atoms with Crippen molar-refractivity contribution in [2.45, 2.75) is 19.8 Å². The first-order valence-corrected chi connectivity index (χ1v) is 5.41. The fraction of sp³-hybridized carbons (Fsp3) is 0.364. The summed E-state index contributed by atoms with van der Waals surface area (Å²) in [6.45, 7) is 3.28. The van der Waals surface area contributed by atoms with E-state index in [2.05, 4.69) is 0 Å². The Bertz CT molecular complexity index is 420. The van der Waals surface area contributed by atoms with Crippen LogP contribution in [-0.2, 0) is 13.0 Å². The molecule has 4 nitrogen and oxygen atoms in total. The number of primary amides is 1. The van der Waals surface area contributed by atoms with Gasteiger partial charge in [-0.15, -0.1) is 0 Å². The van der Waals surface area contributed by atoms with E-state index in [1.165, 1.54) is 5.56 Å². The number of rotatable bonds is 2. The average Bonchev–Trinajstić information content (AvgIpc) is 2.27. The molecule has 5 heteroatoms. The molecule has 0 bridgehead atoms. The molecule has 1 aromatic rings. The molecule has 0 saturated heterocycles. The summed E-state index contributed by atoms with van der Waals surface area (Å²) in [6.07, 6.45) is 0.902. The van der Waals surface area contributed by atoms with E-state index in [0.29, 0.717) is 12.1 Å². The first-order chi connectivity index (χ1) is 7.58. The Morgan fingerprint density at radius 3 is 2.88 bits per heavy atom. The molecular weight excluding hydrogens is 203 g/mol. The standard InChI is InChI=1S/C11H15BN2O2/c1-12(16)14-5-4-8-2-3-9(11(13)15)6-10(8)7-14/h2-3,6,16H,4-5,7H2,1H3,(H2,13,15). The van der Waals surface area contributed by atoms with Gasteiger partial charge in [-0.3, -0.25) is 4.79 Å². The second kappa shape index (κ2) is 4.27. The molecule has 0 unspecified atom stereocenters. The highest BCUT2D eigenvalue weighted by molar-refractivity contribution is 6.45. The molecule has 0 aliphatic carbocycles. The number of amides is 1. The van der Waals surface area contributed by atoms with Crippen molar-refractivity contribution >= 4 is 13.0 Å². The highest BCUT2D eigenvalue weighted by Crippen LogP contribution is 2.20. The Morgan fingerprint density at radius 1 is 1.50 bits per heavy atom. The number of nitrogens with two attached hydrogens (primary N) is 1. The summed E-state index contributed by atoms with van der Waals surface area (Å²) in [5.41, 5.74) is 8.10. The topological polar surface area (TPSA) is 66.6 Å². The van der Waals surface area contributed by atoms with Gasteiger partial charge in [-0.2, -0.15) is 0 Å². The van der Waals surface area contributed by atoms with Crippen LogP contribution in [0.3, 0.4) is 0 Å². The summed E-state index contributed by atoms with van der Waals surface area (Å²) in [4.78, 5) is 13.0. The number of benzene rings is 1. The van der Waals surface area contributed by atoms with Crippen LogP contribution in [0, 0.1) is 0 Å². The third kappa shape index (κ3) is 2.10. The largest absolute Gasteiger partial charge is 0.437 e. The second-order valence-electron chi connectivity index (χ2n) is 4.20. The maximum atomic E-state index is 11.1. The van der Waals surface area contributed by atoms with Gasteiger partial charge >= 0.3 is 7.05 Å². The van der Waals surface area contributed by atoms with Crippen LogP contribution in [0.2, 0.25) is 6.82 Å². The van der Waals surface area contributed by atoms with E-state index in [0.717, 1.165) is 18.5 Å². The van der Waals surface area contributed by atoms with Gasteiger partial charge in [0.2, 0.25) is 5.91 Å². The van der Waals surface area contributed by atoms with Gasteiger partial charge in [-0.25, -0.2) is 0 Å². The third-order valence-electron chi connectivity index (χ3n) is 3.06. The Hall–Kier alpha value is -1.33. The summed E-state index contributed by atoms with van der Waals surface area (Å²) in [5.74, 6) is -0.406. The molecule has 1 heterocycles. The predicted molar refractivity (Wildman–Crippen MR) is 62.9 cm³/mol. The summed E-state index contributed by atoms with van der Waals surface area (Å²) in [5, 5.41) is 9.52. The van der Waals surface area contributed by atoms with E-state index in [1.54, 1.807) is 12.9 Å². The minimum Gasteiger partial charge on any atom is -0.437 e. The van der Waals surface area contributed by atoms with Crippen molar-refractivity contribution < 1.29 is 9.82 Å². The van der Waals surface area contributed by atoms with Crippen LogP contribution in [0.25, 0.3) is 0 Å². The molecule has 0 fully saturated rings. The quantitative estimate of drug-likeness (QED) is 0.699. The molecule has 0 aromatic heterocycles. The zero-order valence-electron chi connectivity index (χ0n) is 9.31. The van der Waals surface area contributed by atoms with Gasteiger partial charge in [-0.05, 0) is 43.0 Å². The van der Waals surface area contributed by atoms with E-state index < -0.39 is 13.0 Å². The van der Waals surface area contributed by atoms with Gasteiger partial charge in [0.05, 0.1) is 0 Å². The van der Waals surface area contributed by atoms with Crippen molar-refractivity contribution in [3.05, 3.63) is 34.9 Å². The minimum atomic E-state index is -0.453. The van der Waals surface area contributed by atoms with E-state index in [9.17, 15) is 9.82 Å². The summed E-state index contributed by atoms with van der Waals surface area (Å²) in [6, 6.07) is 5.54.